The molecule has 0 saturated heterocycles. The molecule has 0 aliphatic heterocycles. The van der Waals surface area contributed by atoms with Gasteiger partial charge in [-0.2, -0.15) is 0 Å². The van der Waals surface area contributed by atoms with Crippen LogP contribution in [0.2, 0.25) is 0 Å². The molecule has 0 saturated carbocycles. The van der Waals surface area contributed by atoms with Gasteiger partial charge in [0.2, 0.25) is 5.91 Å². The lowest BCUT2D eigenvalue weighted by Crippen LogP contribution is -2.45. The molecule has 9 heteroatoms. The van der Waals surface area contributed by atoms with Crippen LogP contribution in [0.15, 0.2) is 48.6 Å². The van der Waals surface area contributed by atoms with Crippen molar-refractivity contribution in [1.29, 1.82) is 0 Å². The zero-order valence-corrected chi connectivity index (χ0v) is 47.2. The Balaban J connectivity index is 4.25. The Bertz CT molecular complexity index is 1260. The molecule has 0 aromatic rings. The van der Waals surface area contributed by atoms with Crippen LogP contribution >= 0.6 is 7.82 Å². The van der Waals surface area contributed by atoms with E-state index in [1.165, 1.54) is 212 Å². The lowest BCUT2D eigenvalue weighted by molar-refractivity contribution is -0.870. The molecule has 0 radical (unpaired) electrons. The van der Waals surface area contributed by atoms with Crippen molar-refractivity contribution in [3.05, 3.63) is 48.6 Å². The Kier molecular flexibility index (Phi) is 50.2. The van der Waals surface area contributed by atoms with Crippen LogP contribution in [0.1, 0.15) is 277 Å². The van der Waals surface area contributed by atoms with Crippen molar-refractivity contribution in [2.24, 2.45) is 0 Å². The van der Waals surface area contributed by atoms with Crippen molar-refractivity contribution < 1.29 is 32.9 Å². The van der Waals surface area contributed by atoms with E-state index in [-0.39, 0.29) is 12.5 Å². The monoisotopic (exact) mass is 991 g/mol. The number of phosphoric ester groups is 1. The summed E-state index contributed by atoms with van der Waals surface area (Å²) in [5.74, 6) is -0.209. The maximum Gasteiger partial charge on any atom is 0.268 e. The molecule has 0 aromatic carbocycles. The molecule has 0 bridgehead atoms. The average molecular weight is 992 g/mol. The summed E-state index contributed by atoms with van der Waals surface area (Å²) in [5.41, 5.74) is 0. The minimum absolute atomic E-state index is 0.00783. The number of phosphoric acid groups is 1. The highest BCUT2D eigenvalue weighted by Crippen LogP contribution is 2.38. The van der Waals surface area contributed by atoms with Gasteiger partial charge < -0.3 is 28.8 Å². The zero-order valence-electron chi connectivity index (χ0n) is 46.3. The molecule has 0 aromatic heterocycles. The number of aliphatic hydroxyl groups excluding tert-OH is 1. The maximum atomic E-state index is 13.0. The molecule has 0 aliphatic rings. The average Bonchev–Trinajstić information content (AvgIpc) is 3.31. The third kappa shape index (κ3) is 54.1. The largest absolute Gasteiger partial charge is 0.756 e. The van der Waals surface area contributed by atoms with Gasteiger partial charge in [0.1, 0.15) is 13.2 Å². The number of aliphatic hydroxyl groups is 1. The quantitative estimate of drug-likeness (QED) is 0.0272. The summed E-state index contributed by atoms with van der Waals surface area (Å²) in [7, 11) is 1.24. The fraction of sp³-hybridized carbons (Fsp3) is 0.850. The molecule has 8 nitrogen and oxygen atoms in total. The Hall–Kier alpha value is -1.54. The number of hydrogen-bond donors (Lipinski definition) is 2. The fourth-order valence-electron chi connectivity index (χ4n) is 8.61. The van der Waals surface area contributed by atoms with Crippen LogP contribution in [0.3, 0.4) is 0 Å². The molecular weight excluding hydrogens is 876 g/mol. The Labute approximate surface area is 429 Å². The molecule has 3 unspecified atom stereocenters. The lowest BCUT2D eigenvalue weighted by atomic mass is 10.0. The number of rotatable bonds is 54. The predicted octanol–water partition coefficient (Wildman–Crippen LogP) is 17.3. The molecule has 0 heterocycles. The van der Waals surface area contributed by atoms with Crippen molar-refractivity contribution in [1.82, 2.24) is 5.32 Å². The topological polar surface area (TPSA) is 108 Å². The minimum Gasteiger partial charge on any atom is -0.756 e. The van der Waals surface area contributed by atoms with Crippen molar-refractivity contribution in [2.45, 2.75) is 289 Å². The number of nitrogens with zero attached hydrogens (tertiary/aromatic N) is 1. The molecule has 0 spiro atoms. The van der Waals surface area contributed by atoms with Gasteiger partial charge in [0.25, 0.3) is 7.82 Å². The van der Waals surface area contributed by atoms with E-state index >= 15 is 0 Å². The molecular formula is C60H115N2O6P. The predicted molar refractivity (Wildman–Crippen MR) is 298 cm³/mol. The van der Waals surface area contributed by atoms with Gasteiger partial charge in [-0.3, -0.25) is 9.36 Å². The van der Waals surface area contributed by atoms with Gasteiger partial charge in [-0.25, -0.2) is 0 Å². The highest BCUT2D eigenvalue weighted by Gasteiger charge is 2.23. The van der Waals surface area contributed by atoms with E-state index in [0.717, 1.165) is 44.9 Å². The van der Waals surface area contributed by atoms with Gasteiger partial charge in [-0.15, -0.1) is 0 Å². The second-order valence-electron chi connectivity index (χ2n) is 21.3. The first kappa shape index (κ1) is 67.5. The van der Waals surface area contributed by atoms with E-state index in [1.807, 2.05) is 27.2 Å². The van der Waals surface area contributed by atoms with Crippen molar-refractivity contribution in [3.8, 4) is 0 Å². The number of allylic oxidation sites excluding steroid dienone is 7. The van der Waals surface area contributed by atoms with E-state index in [2.05, 4.69) is 55.6 Å². The van der Waals surface area contributed by atoms with E-state index in [4.69, 9.17) is 9.05 Å². The number of hydrogen-bond acceptors (Lipinski definition) is 6. The van der Waals surface area contributed by atoms with Gasteiger partial charge in [-0.1, -0.05) is 255 Å². The Morgan fingerprint density at radius 1 is 0.507 bits per heavy atom. The van der Waals surface area contributed by atoms with E-state index in [0.29, 0.717) is 17.4 Å². The second-order valence-corrected chi connectivity index (χ2v) is 22.8. The maximum absolute atomic E-state index is 13.0. The van der Waals surface area contributed by atoms with Crippen LogP contribution in [0.25, 0.3) is 0 Å². The summed E-state index contributed by atoms with van der Waals surface area (Å²) in [6, 6.07) is -0.907. The van der Waals surface area contributed by atoms with E-state index in [9.17, 15) is 19.4 Å². The van der Waals surface area contributed by atoms with Gasteiger partial charge in [0.15, 0.2) is 0 Å². The van der Waals surface area contributed by atoms with Crippen molar-refractivity contribution in [3.63, 3.8) is 0 Å². The molecule has 406 valence electrons. The number of nitrogens with one attached hydrogen (secondary N) is 1. The minimum atomic E-state index is -4.61. The first-order chi connectivity index (χ1) is 33.5. The van der Waals surface area contributed by atoms with Gasteiger partial charge in [0.05, 0.1) is 39.9 Å². The summed E-state index contributed by atoms with van der Waals surface area (Å²) < 4.78 is 23.3. The normalized spacial score (nSPS) is 14.2. The summed E-state index contributed by atoms with van der Waals surface area (Å²) in [6.07, 6.45) is 67.6. The third-order valence-corrected chi connectivity index (χ3v) is 14.2. The van der Waals surface area contributed by atoms with Crippen LogP contribution < -0.4 is 10.2 Å². The smallest absolute Gasteiger partial charge is 0.268 e. The number of amides is 1. The van der Waals surface area contributed by atoms with E-state index in [1.54, 1.807) is 6.08 Å². The molecule has 3 atom stereocenters. The molecule has 0 aliphatic carbocycles. The first-order valence-corrected chi connectivity index (χ1v) is 31.0. The summed E-state index contributed by atoms with van der Waals surface area (Å²) in [4.78, 5) is 25.5. The van der Waals surface area contributed by atoms with Crippen molar-refractivity contribution >= 4 is 13.7 Å². The summed E-state index contributed by atoms with van der Waals surface area (Å²) in [5, 5.41) is 13.9. The van der Waals surface area contributed by atoms with Crippen LogP contribution in [-0.4, -0.2) is 68.5 Å². The third-order valence-electron chi connectivity index (χ3n) is 13.3. The van der Waals surface area contributed by atoms with E-state index < -0.39 is 26.6 Å². The molecule has 2 N–H and O–H groups in total. The van der Waals surface area contributed by atoms with Gasteiger partial charge in [-0.05, 0) is 64.2 Å². The number of unbranched alkanes of at least 4 members (excludes halogenated alkanes) is 35. The SMILES string of the molecule is CCCCCCCCCCC/C=C\C/C=C\CCCCCCCCCCCC(=O)NC(COP(=O)([O-])OCC[N+](C)(C)C)C(O)/C=C/CC/C=C/CCCCCCCCCCCCCCCCCC. The van der Waals surface area contributed by atoms with Gasteiger partial charge in [0, 0.05) is 6.42 Å². The molecule has 1 amide bonds. The number of likely N-dealkylation sites (N-methyl/N-ethyl adjacent to an activating group) is 1. The molecule has 0 rings (SSSR count). The van der Waals surface area contributed by atoms with Crippen LogP contribution in [-0.2, 0) is 18.4 Å². The Morgan fingerprint density at radius 2 is 0.855 bits per heavy atom. The summed E-state index contributed by atoms with van der Waals surface area (Å²) >= 11 is 0. The van der Waals surface area contributed by atoms with Gasteiger partial charge >= 0.3 is 0 Å². The highest BCUT2D eigenvalue weighted by molar-refractivity contribution is 7.45. The standard InChI is InChI=1S/C60H115N2O6P/c1-6-8-10-12-14-16-18-20-22-24-26-28-30-31-32-34-36-38-40-42-44-46-48-50-52-54-60(64)61-58(57-68-69(65,66)67-56-55-62(3,4)5)59(63)53-51-49-47-45-43-41-39-37-35-33-29-27-25-23-21-19-17-15-13-11-9-7-2/h26,28,31-32,43,45,51,53,58-59,63H,6-25,27,29-30,33-42,44,46-50,52,54-57H2,1-5H3,(H-,61,64,65,66)/b28-26-,32-31-,45-43+,53-51+. The molecule has 69 heavy (non-hydrogen) atoms. The zero-order chi connectivity index (χ0) is 50.6. The van der Waals surface area contributed by atoms with Crippen LogP contribution in [0, 0.1) is 0 Å². The van der Waals surface area contributed by atoms with Crippen molar-refractivity contribution in [2.75, 3.05) is 40.9 Å². The van der Waals surface area contributed by atoms with Crippen LogP contribution in [0.4, 0.5) is 0 Å². The Morgan fingerprint density at radius 3 is 1.26 bits per heavy atom. The lowest BCUT2D eigenvalue weighted by Gasteiger charge is -2.29. The second kappa shape index (κ2) is 51.4. The highest BCUT2D eigenvalue weighted by atomic mass is 31.2. The first-order valence-electron chi connectivity index (χ1n) is 29.5. The molecule has 0 fully saturated rings. The number of carbonyl (C=O) groups excluding carboxylic acids is 1. The number of carbonyl (C=O) groups is 1. The summed E-state index contributed by atoms with van der Waals surface area (Å²) in [6.45, 7) is 4.65. The number of quaternary nitrogens is 1. The van der Waals surface area contributed by atoms with Crippen LogP contribution in [0.5, 0.6) is 0 Å². The fourth-order valence-corrected chi connectivity index (χ4v) is 9.34.